The molecule has 0 aliphatic carbocycles. The van der Waals surface area contributed by atoms with Gasteiger partial charge < -0.3 is 5.32 Å². The third-order valence-corrected chi connectivity index (χ3v) is 1.03. The molecule has 56 valence electrons. The van der Waals surface area contributed by atoms with E-state index in [1.807, 2.05) is 6.92 Å². The molecule has 0 aromatic carbocycles. The molecule has 0 aliphatic heterocycles. The maximum Gasteiger partial charge on any atom is 0.313 e. The Kier molecular flexibility index (Phi) is 4.31. The molecule has 4 heteroatoms. The average Bonchev–Trinajstić information content (AvgIpc) is 1.63. The van der Waals surface area contributed by atoms with Crippen LogP contribution in [0.3, 0.4) is 0 Å². The normalized spacial score (nSPS) is 12.0. The maximum atomic E-state index is 11.9. The highest BCUT2D eigenvalue weighted by Crippen LogP contribution is 2.19. The first-order valence-corrected chi connectivity index (χ1v) is 3.63. The van der Waals surface area contributed by atoms with Gasteiger partial charge in [0.15, 0.2) is 0 Å². The number of nitrogens with one attached hydrogen (secondary N) is 1. The molecule has 0 saturated heterocycles. The lowest BCUT2D eigenvalue weighted by Crippen LogP contribution is -2.27. The van der Waals surface area contributed by atoms with Gasteiger partial charge >= 0.3 is 4.83 Å². The quantitative estimate of drug-likeness (QED) is 0.542. The van der Waals surface area contributed by atoms with E-state index in [0.717, 1.165) is 6.42 Å². The zero-order valence-electron chi connectivity index (χ0n) is 5.26. The molecule has 0 aromatic rings. The van der Waals surface area contributed by atoms with Crippen molar-refractivity contribution in [1.29, 1.82) is 0 Å². The topological polar surface area (TPSA) is 12.0 Å². The van der Waals surface area contributed by atoms with Crippen LogP contribution in [0.15, 0.2) is 0 Å². The van der Waals surface area contributed by atoms with Gasteiger partial charge in [-0.15, -0.1) is 0 Å². The molecule has 0 heterocycles. The lowest BCUT2D eigenvalue weighted by molar-refractivity contribution is 0.113. The number of rotatable bonds is 4. The minimum atomic E-state index is -2.75. The molecule has 0 aliphatic rings. The van der Waals surface area contributed by atoms with Gasteiger partial charge in [-0.3, -0.25) is 0 Å². The Bertz CT molecular complexity index is 71.8. The smallest absolute Gasteiger partial charge is 0.310 e. The lowest BCUT2D eigenvalue weighted by Gasteiger charge is -2.07. The molecule has 0 atom stereocenters. The molecule has 0 saturated carbocycles. The Hall–Kier alpha value is 0.300. The molecule has 0 aromatic heterocycles. The summed E-state index contributed by atoms with van der Waals surface area (Å²) in [5, 5.41) is 2.58. The first kappa shape index (κ1) is 9.30. The first-order valence-electron chi connectivity index (χ1n) is 2.83. The average molecular weight is 202 g/mol. The van der Waals surface area contributed by atoms with Crippen LogP contribution in [-0.2, 0) is 0 Å². The standard InChI is InChI=1S/C5H10BrF2N/c1-2-3-9-4-5(6,7)8/h9H,2-4H2,1H3. The van der Waals surface area contributed by atoms with E-state index in [1.165, 1.54) is 0 Å². The van der Waals surface area contributed by atoms with Crippen molar-refractivity contribution in [3.8, 4) is 0 Å². The van der Waals surface area contributed by atoms with Gasteiger partial charge in [-0.1, -0.05) is 6.92 Å². The van der Waals surface area contributed by atoms with Gasteiger partial charge in [-0.05, 0) is 28.9 Å². The second kappa shape index (κ2) is 4.17. The highest BCUT2D eigenvalue weighted by Gasteiger charge is 2.22. The Balaban J connectivity index is 3.07. The Morgan fingerprint density at radius 3 is 2.44 bits per heavy atom. The second-order valence-corrected chi connectivity index (χ2v) is 2.95. The van der Waals surface area contributed by atoms with Gasteiger partial charge in [-0.25, -0.2) is 0 Å². The summed E-state index contributed by atoms with van der Waals surface area (Å²) in [5.41, 5.74) is 0. The molecule has 1 nitrogen and oxygen atoms in total. The van der Waals surface area contributed by atoms with Crippen molar-refractivity contribution < 1.29 is 8.78 Å². The Labute approximate surface area is 61.9 Å². The van der Waals surface area contributed by atoms with E-state index < -0.39 is 4.83 Å². The fourth-order valence-electron chi connectivity index (χ4n) is 0.407. The van der Waals surface area contributed by atoms with Crippen molar-refractivity contribution in [3.05, 3.63) is 0 Å². The van der Waals surface area contributed by atoms with Crippen LogP contribution >= 0.6 is 15.9 Å². The molecular weight excluding hydrogens is 192 g/mol. The van der Waals surface area contributed by atoms with Gasteiger partial charge in [0.2, 0.25) is 0 Å². The van der Waals surface area contributed by atoms with E-state index in [0.29, 0.717) is 6.54 Å². The highest BCUT2D eigenvalue weighted by molar-refractivity contribution is 9.10. The maximum absolute atomic E-state index is 11.9. The van der Waals surface area contributed by atoms with Crippen molar-refractivity contribution >= 4 is 15.9 Å². The zero-order valence-corrected chi connectivity index (χ0v) is 6.84. The van der Waals surface area contributed by atoms with Crippen LogP contribution in [0.1, 0.15) is 13.3 Å². The molecule has 0 spiro atoms. The molecule has 0 rings (SSSR count). The molecule has 1 N–H and O–H groups in total. The van der Waals surface area contributed by atoms with Crippen molar-refractivity contribution in [2.24, 2.45) is 0 Å². The summed E-state index contributed by atoms with van der Waals surface area (Å²) in [6.45, 7) is 2.28. The van der Waals surface area contributed by atoms with Crippen LogP contribution in [0.4, 0.5) is 8.78 Å². The van der Waals surface area contributed by atoms with E-state index in [2.05, 4.69) is 21.2 Å². The van der Waals surface area contributed by atoms with Crippen molar-refractivity contribution in [3.63, 3.8) is 0 Å². The first-order chi connectivity index (χ1) is 4.06. The molecular formula is C5H10BrF2N. The number of hydrogen-bond donors (Lipinski definition) is 1. The number of alkyl halides is 3. The van der Waals surface area contributed by atoms with Crippen LogP contribution in [0.5, 0.6) is 0 Å². The summed E-state index contributed by atoms with van der Waals surface area (Å²) in [6, 6.07) is 0. The van der Waals surface area contributed by atoms with Crippen molar-refractivity contribution in [2.75, 3.05) is 13.1 Å². The van der Waals surface area contributed by atoms with Gasteiger partial charge in [-0.2, -0.15) is 8.78 Å². The molecule has 0 unspecified atom stereocenters. The third-order valence-electron chi connectivity index (χ3n) is 0.752. The van der Waals surface area contributed by atoms with Gasteiger partial charge in [0.05, 0.1) is 6.54 Å². The fourth-order valence-corrected chi connectivity index (χ4v) is 0.605. The monoisotopic (exact) mass is 201 g/mol. The van der Waals surface area contributed by atoms with Crippen LogP contribution < -0.4 is 5.32 Å². The van der Waals surface area contributed by atoms with Gasteiger partial charge in [0.1, 0.15) is 0 Å². The number of halogens is 3. The van der Waals surface area contributed by atoms with Crippen LogP contribution in [-0.4, -0.2) is 17.9 Å². The predicted octanol–water partition coefficient (Wildman–Crippen LogP) is 1.97. The second-order valence-electron chi connectivity index (χ2n) is 1.79. The molecule has 0 fully saturated rings. The summed E-state index contributed by atoms with van der Waals surface area (Å²) in [5.74, 6) is 0. The van der Waals surface area contributed by atoms with Crippen LogP contribution in [0, 0.1) is 0 Å². The SMILES string of the molecule is CCCNCC(F)(F)Br. The van der Waals surface area contributed by atoms with Crippen molar-refractivity contribution in [2.45, 2.75) is 18.2 Å². The van der Waals surface area contributed by atoms with Crippen molar-refractivity contribution in [1.82, 2.24) is 5.32 Å². The molecule has 9 heavy (non-hydrogen) atoms. The lowest BCUT2D eigenvalue weighted by atomic mass is 10.5. The summed E-state index contributed by atoms with van der Waals surface area (Å²) < 4.78 is 23.8. The van der Waals surface area contributed by atoms with E-state index in [9.17, 15) is 8.78 Å². The van der Waals surface area contributed by atoms with E-state index in [4.69, 9.17) is 0 Å². The van der Waals surface area contributed by atoms with E-state index >= 15 is 0 Å². The minimum Gasteiger partial charge on any atom is -0.310 e. The highest BCUT2D eigenvalue weighted by atomic mass is 79.9. The van der Waals surface area contributed by atoms with E-state index in [-0.39, 0.29) is 6.54 Å². The van der Waals surface area contributed by atoms with E-state index in [1.54, 1.807) is 0 Å². The minimum absolute atomic E-state index is 0.291. The summed E-state index contributed by atoms with van der Waals surface area (Å²) >= 11 is 2.21. The third kappa shape index (κ3) is 8.30. The largest absolute Gasteiger partial charge is 0.313 e. The fraction of sp³-hybridized carbons (Fsp3) is 1.00. The zero-order chi connectivity index (χ0) is 7.33. The van der Waals surface area contributed by atoms with Crippen LogP contribution in [0.2, 0.25) is 0 Å². The Morgan fingerprint density at radius 1 is 1.56 bits per heavy atom. The molecule has 0 amide bonds. The van der Waals surface area contributed by atoms with Gasteiger partial charge in [0.25, 0.3) is 0 Å². The summed E-state index contributed by atoms with van der Waals surface area (Å²) in [4.78, 5) is -2.75. The predicted molar refractivity (Wildman–Crippen MR) is 37.0 cm³/mol. The Morgan fingerprint density at radius 2 is 2.11 bits per heavy atom. The van der Waals surface area contributed by atoms with Crippen LogP contribution in [0.25, 0.3) is 0 Å². The summed E-state index contributed by atoms with van der Waals surface area (Å²) in [7, 11) is 0. The molecule has 0 radical (unpaired) electrons. The molecule has 0 bridgehead atoms. The summed E-state index contributed by atoms with van der Waals surface area (Å²) in [6.07, 6.45) is 0.878. The number of hydrogen-bond acceptors (Lipinski definition) is 1. The van der Waals surface area contributed by atoms with Gasteiger partial charge in [0, 0.05) is 0 Å².